The molecule has 4 aromatic rings. The van der Waals surface area contributed by atoms with Gasteiger partial charge in [-0.3, -0.25) is 14.9 Å². The van der Waals surface area contributed by atoms with Crippen molar-refractivity contribution in [2.24, 2.45) is 0 Å². The number of rotatable bonds is 7. The van der Waals surface area contributed by atoms with Crippen LogP contribution in [0, 0.1) is 0 Å². The van der Waals surface area contributed by atoms with Gasteiger partial charge in [0.2, 0.25) is 5.91 Å². The summed E-state index contributed by atoms with van der Waals surface area (Å²) in [4.78, 5) is 17.3. The van der Waals surface area contributed by atoms with E-state index in [0.29, 0.717) is 5.75 Å². The van der Waals surface area contributed by atoms with Gasteiger partial charge in [-0.05, 0) is 60.7 Å². The number of hydrogen-bond acceptors (Lipinski definition) is 4. The Morgan fingerprint density at radius 3 is 2.73 bits per heavy atom. The van der Waals surface area contributed by atoms with E-state index in [9.17, 15) is 18.0 Å². The van der Waals surface area contributed by atoms with Crippen LogP contribution in [0.2, 0.25) is 0 Å². The smallest absolute Gasteiger partial charge is 0.326 e. The molecule has 0 atom stereocenters. The Balaban J connectivity index is 1.32. The first kappa shape index (κ1) is 22.6. The summed E-state index contributed by atoms with van der Waals surface area (Å²) in [5.41, 5.74) is 1.84. The van der Waals surface area contributed by atoms with Gasteiger partial charge in [0.05, 0.1) is 22.5 Å². The lowest BCUT2D eigenvalue weighted by atomic mass is 10.2. The number of aromatic nitrogens is 3. The number of halogens is 3. The number of nitrogens with one attached hydrogen (secondary N) is 2. The van der Waals surface area contributed by atoms with E-state index in [-0.39, 0.29) is 18.0 Å². The van der Waals surface area contributed by atoms with Crippen LogP contribution in [0.25, 0.3) is 23.1 Å². The highest BCUT2D eigenvalue weighted by Crippen LogP contribution is 2.31. The van der Waals surface area contributed by atoms with Crippen molar-refractivity contribution in [3.8, 4) is 0 Å². The highest BCUT2D eigenvalue weighted by Gasteiger charge is 2.30. The number of nitrogens with zero attached hydrogens (tertiary/aromatic N) is 2. The summed E-state index contributed by atoms with van der Waals surface area (Å²) in [6.45, 7) is 0. The molecule has 4 rings (SSSR count). The summed E-state index contributed by atoms with van der Waals surface area (Å²) in [6, 6.07) is 16.1. The SMILES string of the molecule is O=C(CCSc1ccc2c(/C=C/c3ccccn3)n[nH]c2c1)Nc1cccc(C(F)(F)F)c1. The normalized spacial score (nSPS) is 11.8. The predicted molar refractivity (Wildman–Crippen MR) is 125 cm³/mol. The minimum Gasteiger partial charge on any atom is -0.326 e. The van der Waals surface area contributed by atoms with Crippen molar-refractivity contribution in [2.75, 3.05) is 11.1 Å². The van der Waals surface area contributed by atoms with Crippen LogP contribution < -0.4 is 5.32 Å². The molecule has 0 unspecified atom stereocenters. The lowest BCUT2D eigenvalue weighted by molar-refractivity contribution is -0.137. The molecular weight excluding hydrogens is 449 g/mol. The van der Waals surface area contributed by atoms with Crippen LogP contribution in [-0.4, -0.2) is 26.8 Å². The first-order chi connectivity index (χ1) is 15.9. The maximum Gasteiger partial charge on any atom is 0.416 e. The summed E-state index contributed by atoms with van der Waals surface area (Å²) in [5, 5.41) is 10.8. The number of pyridine rings is 1. The second-order valence-electron chi connectivity index (χ2n) is 7.13. The van der Waals surface area contributed by atoms with E-state index in [1.807, 2.05) is 48.6 Å². The first-order valence-electron chi connectivity index (χ1n) is 10.1. The fraction of sp³-hybridized carbons (Fsp3) is 0.125. The van der Waals surface area contributed by atoms with Crippen molar-refractivity contribution < 1.29 is 18.0 Å². The van der Waals surface area contributed by atoms with E-state index in [0.717, 1.165) is 39.3 Å². The second-order valence-corrected chi connectivity index (χ2v) is 8.30. The molecule has 0 radical (unpaired) electrons. The van der Waals surface area contributed by atoms with Crippen molar-refractivity contribution in [3.63, 3.8) is 0 Å². The van der Waals surface area contributed by atoms with Gasteiger partial charge in [-0.15, -0.1) is 11.8 Å². The molecule has 168 valence electrons. The monoisotopic (exact) mass is 468 g/mol. The fourth-order valence-corrected chi connectivity index (χ4v) is 4.02. The highest BCUT2D eigenvalue weighted by molar-refractivity contribution is 7.99. The third-order valence-corrected chi connectivity index (χ3v) is 5.73. The Labute approximate surface area is 192 Å². The van der Waals surface area contributed by atoms with Crippen LogP contribution in [0.5, 0.6) is 0 Å². The minimum atomic E-state index is -4.45. The van der Waals surface area contributed by atoms with Crippen molar-refractivity contribution >= 4 is 46.4 Å². The van der Waals surface area contributed by atoms with Crippen LogP contribution in [0.1, 0.15) is 23.4 Å². The number of carbonyl (C=O) groups is 1. The van der Waals surface area contributed by atoms with Crippen LogP contribution in [0.3, 0.4) is 0 Å². The summed E-state index contributed by atoms with van der Waals surface area (Å²) >= 11 is 1.48. The van der Waals surface area contributed by atoms with Crippen LogP contribution in [0.15, 0.2) is 71.8 Å². The molecule has 2 heterocycles. The molecule has 1 amide bonds. The van der Waals surface area contributed by atoms with E-state index < -0.39 is 11.7 Å². The van der Waals surface area contributed by atoms with Gasteiger partial charge in [-0.25, -0.2) is 0 Å². The van der Waals surface area contributed by atoms with E-state index in [2.05, 4.69) is 20.5 Å². The number of fused-ring (bicyclic) bond motifs is 1. The van der Waals surface area contributed by atoms with Crippen LogP contribution >= 0.6 is 11.8 Å². The third-order valence-electron chi connectivity index (χ3n) is 4.74. The summed E-state index contributed by atoms with van der Waals surface area (Å²) < 4.78 is 38.4. The molecule has 2 aromatic heterocycles. The van der Waals surface area contributed by atoms with Gasteiger partial charge in [0.1, 0.15) is 0 Å². The van der Waals surface area contributed by atoms with Crippen molar-refractivity contribution in [1.82, 2.24) is 15.2 Å². The highest BCUT2D eigenvalue weighted by atomic mass is 32.2. The minimum absolute atomic E-state index is 0.130. The number of benzene rings is 2. The summed E-state index contributed by atoms with van der Waals surface area (Å²) in [5.74, 6) is 0.142. The molecule has 33 heavy (non-hydrogen) atoms. The van der Waals surface area contributed by atoms with Crippen molar-refractivity contribution in [1.29, 1.82) is 0 Å². The lowest BCUT2D eigenvalue weighted by Crippen LogP contribution is -2.13. The largest absolute Gasteiger partial charge is 0.416 e. The molecule has 0 spiro atoms. The molecule has 0 fully saturated rings. The zero-order chi connectivity index (χ0) is 23.3. The molecule has 5 nitrogen and oxygen atoms in total. The maximum atomic E-state index is 12.8. The third kappa shape index (κ3) is 6.01. The van der Waals surface area contributed by atoms with E-state index in [4.69, 9.17) is 0 Å². The Bertz CT molecular complexity index is 1290. The zero-order valence-electron chi connectivity index (χ0n) is 17.3. The number of carbonyl (C=O) groups excluding carboxylic acids is 1. The molecule has 9 heteroatoms. The number of aromatic amines is 1. The molecule has 0 saturated heterocycles. The van der Waals surface area contributed by atoms with Gasteiger partial charge in [0.15, 0.2) is 0 Å². The molecule has 0 saturated carbocycles. The van der Waals surface area contributed by atoms with Crippen LogP contribution in [-0.2, 0) is 11.0 Å². The number of amides is 1. The Hall–Kier alpha value is -3.59. The predicted octanol–water partition coefficient (Wildman–Crippen LogP) is 6.27. The fourth-order valence-electron chi connectivity index (χ4n) is 3.13. The second kappa shape index (κ2) is 9.91. The van der Waals surface area contributed by atoms with Gasteiger partial charge >= 0.3 is 6.18 Å². The Kier molecular flexibility index (Phi) is 6.79. The maximum absolute atomic E-state index is 12.8. The number of hydrogen-bond donors (Lipinski definition) is 2. The van der Waals surface area contributed by atoms with Gasteiger partial charge in [-0.1, -0.05) is 12.1 Å². The van der Waals surface area contributed by atoms with Crippen molar-refractivity contribution in [2.45, 2.75) is 17.5 Å². The average molecular weight is 469 g/mol. The molecule has 0 aliphatic rings. The number of H-pyrrole nitrogens is 1. The lowest BCUT2D eigenvalue weighted by Gasteiger charge is -2.10. The van der Waals surface area contributed by atoms with Crippen molar-refractivity contribution in [3.05, 3.63) is 83.8 Å². The molecule has 2 N–H and O–H groups in total. The molecular formula is C24H19F3N4OS. The Morgan fingerprint density at radius 2 is 1.94 bits per heavy atom. The average Bonchev–Trinajstić information content (AvgIpc) is 3.20. The Morgan fingerprint density at radius 1 is 1.06 bits per heavy atom. The topological polar surface area (TPSA) is 70.7 Å². The zero-order valence-corrected chi connectivity index (χ0v) is 18.1. The standard InChI is InChI=1S/C24H19F3N4OS/c25-24(26,27)16-4-3-6-18(14-16)29-23(32)11-13-33-19-8-9-20-21(30-31-22(20)15-19)10-7-17-5-1-2-12-28-17/h1-10,12,14-15H,11,13H2,(H,29,32)(H,30,31)/b10-7+. The first-order valence-corrected chi connectivity index (χ1v) is 11.0. The number of anilines is 1. The van der Waals surface area contributed by atoms with Gasteiger partial charge in [0.25, 0.3) is 0 Å². The summed E-state index contributed by atoms with van der Waals surface area (Å²) in [6.07, 6.45) is 1.23. The molecule has 0 aliphatic heterocycles. The quantitative estimate of drug-likeness (QED) is 0.314. The number of thioether (sulfide) groups is 1. The van der Waals surface area contributed by atoms with E-state index >= 15 is 0 Å². The number of alkyl halides is 3. The summed E-state index contributed by atoms with van der Waals surface area (Å²) in [7, 11) is 0. The van der Waals surface area contributed by atoms with Gasteiger partial charge < -0.3 is 5.32 Å². The molecule has 0 bridgehead atoms. The molecule has 2 aromatic carbocycles. The van der Waals surface area contributed by atoms with Crippen LogP contribution in [0.4, 0.5) is 18.9 Å². The molecule has 0 aliphatic carbocycles. The van der Waals surface area contributed by atoms with Gasteiger partial charge in [0, 0.05) is 34.3 Å². The van der Waals surface area contributed by atoms with E-state index in [1.54, 1.807) is 6.20 Å². The van der Waals surface area contributed by atoms with Gasteiger partial charge in [-0.2, -0.15) is 18.3 Å². The van der Waals surface area contributed by atoms with E-state index in [1.165, 1.54) is 23.9 Å².